The summed E-state index contributed by atoms with van der Waals surface area (Å²) in [5.74, 6) is 0.0838. The van der Waals surface area contributed by atoms with Crippen LogP contribution < -0.4 is 9.47 Å². The van der Waals surface area contributed by atoms with Gasteiger partial charge in [0.1, 0.15) is 5.69 Å². The number of carbonyl (C=O) groups excluding carboxylic acids is 2. The predicted octanol–water partition coefficient (Wildman–Crippen LogP) is 4.33. The van der Waals surface area contributed by atoms with E-state index in [0.29, 0.717) is 16.3 Å². The van der Waals surface area contributed by atoms with Crippen LogP contribution in [0.15, 0.2) is 42.6 Å². The molecule has 30 heavy (non-hydrogen) atoms. The van der Waals surface area contributed by atoms with Crippen LogP contribution in [0.2, 0.25) is 5.02 Å². The van der Waals surface area contributed by atoms with Crippen LogP contribution in [-0.2, 0) is 0 Å². The number of hydrogen-bond acceptors (Lipinski definition) is 8. The normalized spacial score (nSPS) is 10.5. The molecule has 0 fully saturated rings. The predicted molar refractivity (Wildman–Crippen MR) is 116 cm³/mol. The van der Waals surface area contributed by atoms with E-state index in [0.717, 1.165) is 17.3 Å². The fourth-order valence-corrected chi connectivity index (χ4v) is 3.47. The first kappa shape index (κ1) is 21.7. The summed E-state index contributed by atoms with van der Waals surface area (Å²) in [6, 6.07) is 10.1. The lowest BCUT2D eigenvalue weighted by atomic mass is 9.98. The Hall–Kier alpha value is -2.97. The summed E-state index contributed by atoms with van der Waals surface area (Å²) in [5, 5.41) is 0.297. The number of methoxy groups -OCH3 is 2. The van der Waals surface area contributed by atoms with Crippen molar-refractivity contribution >= 4 is 34.3 Å². The second-order valence-corrected chi connectivity index (χ2v) is 7.59. The Kier molecular flexibility index (Phi) is 7.02. The molecule has 0 radical (unpaired) electrons. The maximum atomic E-state index is 13.3. The number of nitrogens with zero attached hydrogens (tertiary/aromatic N) is 3. The first-order valence-electron chi connectivity index (χ1n) is 8.92. The van der Waals surface area contributed by atoms with Crippen molar-refractivity contribution in [1.82, 2.24) is 15.0 Å². The molecule has 9 heteroatoms. The second-order valence-electron chi connectivity index (χ2n) is 5.91. The van der Waals surface area contributed by atoms with Crippen molar-refractivity contribution in [3.05, 3.63) is 64.7 Å². The number of pyridine rings is 1. The van der Waals surface area contributed by atoms with Gasteiger partial charge in [0.15, 0.2) is 0 Å². The molecule has 7 nitrogen and oxygen atoms in total. The third-order valence-electron chi connectivity index (χ3n) is 4.10. The second kappa shape index (κ2) is 9.69. The van der Waals surface area contributed by atoms with E-state index in [2.05, 4.69) is 15.0 Å². The number of aromatic nitrogens is 3. The summed E-state index contributed by atoms with van der Waals surface area (Å²) in [6.07, 6.45) is 1.47. The molecule has 0 N–H and O–H groups in total. The molecule has 0 saturated carbocycles. The Morgan fingerprint density at radius 1 is 1.03 bits per heavy atom. The van der Waals surface area contributed by atoms with Gasteiger partial charge in [-0.25, -0.2) is 0 Å². The van der Waals surface area contributed by atoms with Gasteiger partial charge in [-0.05, 0) is 35.1 Å². The summed E-state index contributed by atoms with van der Waals surface area (Å²) < 4.78 is 10.2. The zero-order chi connectivity index (χ0) is 21.7. The number of rotatable bonds is 7. The van der Waals surface area contributed by atoms with Gasteiger partial charge in [-0.2, -0.15) is 9.97 Å². The molecule has 0 aliphatic heterocycles. The van der Waals surface area contributed by atoms with E-state index in [-0.39, 0.29) is 34.0 Å². The molecule has 0 aliphatic rings. The lowest BCUT2D eigenvalue weighted by Crippen LogP contribution is -2.16. The fraction of sp³-hybridized carbons (Fsp3) is 0.190. The summed E-state index contributed by atoms with van der Waals surface area (Å²) in [5.41, 5.74) is 1.47. The number of thioether (sulfide) groups is 1. The number of ether oxygens (including phenoxy) is 2. The highest BCUT2D eigenvalue weighted by molar-refractivity contribution is 8.14. The first-order valence-corrected chi connectivity index (χ1v) is 10.3. The van der Waals surface area contributed by atoms with Gasteiger partial charge < -0.3 is 9.47 Å². The summed E-state index contributed by atoms with van der Waals surface area (Å²) >= 11 is 7.08. The molecule has 1 aromatic carbocycles. The van der Waals surface area contributed by atoms with Crippen molar-refractivity contribution in [2.45, 2.75) is 6.92 Å². The van der Waals surface area contributed by atoms with Crippen molar-refractivity contribution in [2.75, 3.05) is 20.0 Å². The first-order chi connectivity index (χ1) is 14.5. The zero-order valence-electron chi connectivity index (χ0n) is 16.5. The molecular weight excluding hydrogens is 426 g/mol. The van der Waals surface area contributed by atoms with E-state index >= 15 is 0 Å². The number of halogens is 1. The monoisotopic (exact) mass is 443 g/mol. The number of ketones is 1. The van der Waals surface area contributed by atoms with E-state index in [9.17, 15) is 9.59 Å². The Bertz CT molecular complexity index is 1070. The SMILES string of the molecule is CCSC(=O)c1c(-c2ccc(Cl)cc2)ccnc1C(=O)c1nc(OC)cc(OC)n1. The van der Waals surface area contributed by atoms with Crippen LogP contribution in [0.4, 0.5) is 0 Å². The number of carbonyl (C=O) groups is 2. The summed E-state index contributed by atoms with van der Waals surface area (Å²) in [7, 11) is 2.84. The molecule has 3 aromatic rings. The minimum Gasteiger partial charge on any atom is -0.481 e. The molecule has 3 rings (SSSR count). The quantitative estimate of drug-likeness (QED) is 0.498. The molecule has 154 valence electrons. The number of hydrogen-bond donors (Lipinski definition) is 0. The minimum absolute atomic E-state index is 0.0382. The van der Waals surface area contributed by atoms with Crippen molar-refractivity contribution in [3.8, 4) is 22.9 Å². The maximum absolute atomic E-state index is 13.3. The average molecular weight is 444 g/mol. The molecule has 0 aliphatic carbocycles. The Morgan fingerprint density at radius 3 is 2.23 bits per heavy atom. The molecule has 2 heterocycles. The molecule has 0 spiro atoms. The van der Waals surface area contributed by atoms with Crippen LogP contribution in [0.5, 0.6) is 11.8 Å². The Morgan fingerprint density at radius 2 is 1.67 bits per heavy atom. The zero-order valence-corrected chi connectivity index (χ0v) is 18.1. The highest BCUT2D eigenvalue weighted by Crippen LogP contribution is 2.30. The van der Waals surface area contributed by atoms with Crippen LogP contribution in [0.1, 0.15) is 33.6 Å². The van der Waals surface area contributed by atoms with Gasteiger partial charge in [0.2, 0.25) is 28.5 Å². The van der Waals surface area contributed by atoms with E-state index in [1.807, 2.05) is 6.92 Å². The van der Waals surface area contributed by atoms with Gasteiger partial charge >= 0.3 is 0 Å². The van der Waals surface area contributed by atoms with Crippen molar-refractivity contribution < 1.29 is 19.1 Å². The standard InChI is InChI=1S/C21H18ClN3O4S/c1-4-30-21(27)17-14(12-5-7-13(22)8-6-12)9-10-23-18(17)19(26)20-24-15(28-2)11-16(25-20)29-3/h5-11H,4H2,1-3H3. The van der Waals surface area contributed by atoms with Gasteiger partial charge in [0.05, 0.1) is 25.8 Å². The summed E-state index contributed by atoms with van der Waals surface area (Å²) in [4.78, 5) is 38.6. The molecule has 0 atom stereocenters. The van der Waals surface area contributed by atoms with Crippen molar-refractivity contribution in [3.63, 3.8) is 0 Å². The molecular formula is C21H18ClN3O4S. The number of benzene rings is 1. The highest BCUT2D eigenvalue weighted by Gasteiger charge is 2.26. The Balaban J connectivity index is 2.19. The van der Waals surface area contributed by atoms with E-state index in [4.69, 9.17) is 21.1 Å². The average Bonchev–Trinajstić information content (AvgIpc) is 2.78. The third-order valence-corrected chi connectivity index (χ3v) is 5.11. The van der Waals surface area contributed by atoms with E-state index in [1.165, 1.54) is 26.5 Å². The van der Waals surface area contributed by atoms with Crippen LogP contribution in [0.3, 0.4) is 0 Å². The van der Waals surface area contributed by atoms with Crippen LogP contribution in [0.25, 0.3) is 11.1 Å². The third kappa shape index (κ3) is 4.60. The molecule has 0 bridgehead atoms. The maximum Gasteiger partial charge on any atom is 0.249 e. The largest absolute Gasteiger partial charge is 0.481 e. The molecule has 0 saturated heterocycles. The van der Waals surface area contributed by atoms with Crippen molar-refractivity contribution in [2.24, 2.45) is 0 Å². The van der Waals surface area contributed by atoms with Gasteiger partial charge in [-0.1, -0.05) is 42.4 Å². The topological polar surface area (TPSA) is 91.3 Å². The van der Waals surface area contributed by atoms with Crippen LogP contribution in [-0.4, -0.2) is 45.8 Å². The summed E-state index contributed by atoms with van der Waals surface area (Å²) in [6.45, 7) is 1.86. The Labute approximate surface area is 182 Å². The fourth-order valence-electron chi connectivity index (χ4n) is 2.73. The van der Waals surface area contributed by atoms with Gasteiger partial charge in [0.25, 0.3) is 0 Å². The lowest BCUT2D eigenvalue weighted by molar-refractivity contribution is 0.101. The molecule has 0 unspecified atom stereocenters. The van der Waals surface area contributed by atoms with Crippen LogP contribution in [0, 0.1) is 0 Å². The minimum atomic E-state index is -0.608. The van der Waals surface area contributed by atoms with E-state index in [1.54, 1.807) is 30.3 Å². The lowest BCUT2D eigenvalue weighted by Gasteiger charge is -2.13. The van der Waals surface area contributed by atoms with E-state index < -0.39 is 5.78 Å². The smallest absolute Gasteiger partial charge is 0.249 e. The van der Waals surface area contributed by atoms with Gasteiger partial charge in [-0.15, -0.1) is 0 Å². The van der Waals surface area contributed by atoms with Gasteiger partial charge in [-0.3, -0.25) is 14.6 Å². The van der Waals surface area contributed by atoms with Crippen molar-refractivity contribution in [1.29, 1.82) is 0 Å². The molecule has 2 aromatic heterocycles. The highest BCUT2D eigenvalue weighted by atomic mass is 35.5. The van der Waals surface area contributed by atoms with Crippen LogP contribution >= 0.6 is 23.4 Å². The van der Waals surface area contributed by atoms with Gasteiger partial charge in [0, 0.05) is 11.2 Å². The molecule has 0 amide bonds.